The number of ketones is 1. The highest BCUT2D eigenvalue weighted by atomic mass is 16.5. The van der Waals surface area contributed by atoms with Gasteiger partial charge in [-0.05, 0) is 60.1 Å². The molecular weight excluding hydrogens is 336 g/mol. The van der Waals surface area contributed by atoms with Crippen LogP contribution in [-0.2, 0) is 14.3 Å². The summed E-state index contributed by atoms with van der Waals surface area (Å²) in [6.07, 6.45) is 5.83. The van der Waals surface area contributed by atoms with Gasteiger partial charge < -0.3 is 4.74 Å². The molecule has 3 heteroatoms. The van der Waals surface area contributed by atoms with Crippen molar-refractivity contribution in [2.75, 3.05) is 6.61 Å². The largest absolute Gasteiger partial charge is 0.456 e. The number of ether oxygens (including phenoxy) is 1. The number of carbonyl (C=O) groups is 2. The topological polar surface area (TPSA) is 43.4 Å². The molecule has 0 saturated heterocycles. The zero-order valence-corrected chi connectivity index (χ0v) is 15.7. The van der Waals surface area contributed by atoms with Gasteiger partial charge in [-0.2, -0.15) is 0 Å². The molecule has 0 aliphatic heterocycles. The molecule has 1 aliphatic carbocycles. The minimum absolute atomic E-state index is 0.205. The zero-order valence-electron chi connectivity index (χ0n) is 15.7. The minimum Gasteiger partial charge on any atom is -0.456 e. The van der Waals surface area contributed by atoms with Gasteiger partial charge in [0.05, 0.1) is 6.61 Å². The molecule has 1 atom stereocenters. The molecule has 2 aromatic carbocycles. The van der Waals surface area contributed by atoms with E-state index in [0.29, 0.717) is 25.4 Å². The molecule has 27 heavy (non-hydrogen) atoms. The summed E-state index contributed by atoms with van der Waals surface area (Å²) in [7, 11) is 0. The molecule has 0 fully saturated rings. The molecule has 0 heterocycles. The molecule has 0 saturated carbocycles. The molecule has 2 aromatic rings. The minimum atomic E-state index is -0.461. The number of allylic oxidation sites excluding steroid dienone is 2. The van der Waals surface area contributed by atoms with Crippen LogP contribution in [0.25, 0.3) is 16.3 Å². The number of fused-ring (bicyclic) bond motifs is 1. The van der Waals surface area contributed by atoms with Crippen molar-refractivity contribution in [1.82, 2.24) is 0 Å². The summed E-state index contributed by atoms with van der Waals surface area (Å²) >= 11 is 0. The number of esters is 1. The molecule has 0 aromatic heterocycles. The first-order chi connectivity index (χ1) is 13.2. The quantitative estimate of drug-likeness (QED) is 0.328. The lowest BCUT2D eigenvalue weighted by atomic mass is 9.79. The van der Waals surface area contributed by atoms with E-state index in [1.54, 1.807) is 6.92 Å². The summed E-state index contributed by atoms with van der Waals surface area (Å²) in [6, 6.07) is 14.6. The Balaban J connectivity index is 1.74. The Bertz CT molecular complexity index is 922. The van der Waals surface area contributed by atoms with Gasteiger partial charge in [-0.25, -0.2) is 4.79 Å². The molecule has 1 unspecified atom stereocenters. The Morgan fingerprint density at radius 1 is 1.19 bits per heavy atom. The SMILES string of the molecule is CCOC(=O)C#CCCCC1CCC(=O)C=C1c1cccc2ccccc12. The number of unbranched alkanes of at least 4 members (excludes halogenated alkanes) is 1. The Hall–Kier alpha value is -2.86. The number of carbonyl (C=O) groups excluding carboxylic acids is 2. The summed E-state index contributed by atoms with van der Waals surface area (Å²) in [4.78, 5) is 23.4. The summed E-state index contributed by atoms with van der Waals surface area (Å²) in [5, 5.41) is 2.38. The fraction of sp³-hybridized carbons (Fsp3) is 0.333. The van der Waals surface area contributed by atoms with Gasteiger partial charge in [-0.3, -0.25) is 4.79 Å². The van der Waals surface area contributed by atoms with Crippen molar-refractivity contribution in [2.45, 2.75) is 39.0 Å². The average Bonchev–Trinajstić information content (AvgIpc) is 2.68. The van der Waals surface area contributed by atoms with Crippen LogP contribution in [0.2, 0.25) is 0 Å². The van der Waals surface area contributed by atoms with Crippen LogP contribution in [0, 0.1) is 17.8 Å². The second-order valence-corrected chi connectivity index (χ2v) is 6.74. The number of benzene rings is 2. The molecule has 0 bridgehead atoms. The third-order valence-corrected chi connectivity index (χ3v) is 4.92. The molecule has 3 nitrogen and oxygen atoms in total. The fourth-order valence-corrected chi connectivity index (χ4v) is 3.65. The number of hydrogen-bond donors (Lipinski definition) is 0. The second-order valence-electron chi connectivity index (χ2n) is 6.74. The molecule has 3 rings (SSSR count). The van der Waals surface area contributed by atoms with Crippen LogP contribution in [0.3, 0.4) is 0 Å². The van der Waals surface area contributed by atoms with E-state index in [-0.39, 0.29) is 5.78 Å². The van der Waals surface area contributed by atoms with Gasteiger partial charge in [0, 0.05) is 18.8 Å². The standard InChI is InChI=1S/C24H24O3/c1-2-27-24(26)14-5-3-4-9-19-15-16-20(25)17-23(19)22-13-8-11-18-10-6-7-12-21(18)22/h6-8,10-13,17,19H,2-4,9,15-16H2,1H3. The van der Waals surface area contributed by atoms with Gasteiger partial charge in [-0.15, -0.1) is 0 Å². The van der Waals surface area contributed by atoms with Gasteiger partial charge in [0.15, 0.2) is 5.78 Å². The summed E-state index contributed by atoms with van der Waals surface area (Å²) in [5.74, 6) is 5.50. The van der Waals surface area contributed by atoms with Gasteiger partial charge >= 0.3 is 5.97 Å². The molecule has 0 spiro atoms. The fourth-order valence-electron chi connectivity index (χ4n) is 3.65. The van der Waals surface area contributed by atoms with E-state index in [0.717, 1.165) is 30.4 Å². The lowest BCUT2D eigenvalue weighted by molar-refractivity contribution is -0.136. The van der Waals surface area contributed by atoms with Crippen LogP contribution in [0.1, 0.15) is 44.6 Å². The lowest BCUT2D eigenvalue weighted by Crippen LogP contribution is -2.13. The maximum atomic E-state index is 12.1. The predicted octanol–water partition coefficient (Wildman–Crippen LogP) is 4.94. The highest BCUT2D eigenvalue weighted by Gasteiger charge is 2.23. The monoisotopic (exact) mass is 360 g/mol. The second kappa shape index (κ2) is 9.19. The van der Waals surface area contributed by atoms with E-state index in [9.17, 15) is 9.59 Å². The Kier molecular flexibility index (Phi) is 6.44. The number of hydrogen-bond acceptors (Lipinski definition) is 3. The normalized spacial score (nSPS) is 16.4. The van der Waals surface area contributed by atoms with Gasteiger partial charge in [-0.1, -0.05) is 48.4 Å². The van der Waals surface area contributed by atoms with Crippen molar-refractivity contribution < 1.29 is 14.3 Å². The third-order valence-electron chi connectivity index (χ3n) is 4.92. The first kappa shape index (κ1) is 18.9. The first-order valence-corrected chi connectivity index (χ1v) is 9.57. The van der Waals surface area contributed by atoms with Gasteiger partial charge in [0.1, 0.15) is 0 Å². The van der Waals surface area contributed by atoms with E-state index in [1.807, 2.05) is 18.2 Å². The Morgan fingerprint density at radius 3 is 2.85 bits per heavy atom. The van der Waals surface area contributed by atoms with E-state index in [1.165, 1.54) is 10.8 Å². The highest BCUT2D eigenvalue weighted by molar-refractivity contribution is 6.03. The smallest absolute Gasteiger partial charge is 0.384 e. The predicted molar refractivity (Wildman–Crippen MR) is 108 cm³/mol. The van der Waals surface area contributed by atoms with Crippen molar-refractivity contribution in [3.05, 3.63) is 54.1 Å². The van der Waals surface area contributed by atoms with Crippen LogP contribution in [0.4, 0.5) is 0 Å². The van der Waals surface area contributed by atoms with E-state index >= 15 is 0 Å². The Morgan fingerprint density at radius 2 is 2.00 bits per heavy atom. The van der Waals surface area contributed by atoms with Crippen molar-refractivity contribution in [3.8, 4) is 11.8 Å². The summed E-state index contributed by atoms with van der Waals surface area (Å²) in [6.45, 7) is 2.12. The van der Waals surface area contributed by atoms with Crippen LogP contribution in [0.5, 0.6) is 0 Å². The molecule has 0 radical (unpaired) electrons. The maximum Gasteiger partial charge on any atom is 0.384 e. The van der Waals surface area contributed by atoms with E-state index in [2.05, 4.69) is 42.2 Å². The molecule has 0 N–H and O–H groups in total. The van der Waals surface area contributed by atoms with Gasteiger partial charge in [0.2, 0.25) is 0 Å². The van der Waals surface area contributed by atoms with E-state index < -0.39 is 5.97 Å². The Labute approximate surface area is 160 Å². The van der Waals surface area contributed by atoms with Crippen molar-refractivity contribution >= 4 is 28.1 Å². The maximum absolute atomic E-state index is 12.1. The first-order valence-electron chi connectivity index (χ1n) is 9.57. The lowest BCUT2D eigenvalue weighted by Gasteiger charge is -2.25. The number of rotatable bonds is 5. The van der Waals surface area contributed by atoms with E-state index in [4.69, 9.17) is 4.74 Å². The van der Waals surface area contributed by atoms with Crippen molar-refractivity contribution in [1.29, 1.82) is 0 Å². The summed E-state index contributed by atoms with van der Waals surface area (Å²) in [5.41, 5.74) is 2.30. The van der Waals surface area contributed by atoms with Crippen LogP contribution in [0.15, 0.2) is 48.5 Å². The van der Waals surface area contributed by atoms with Crippen molar-refractivity contribution in [2.24, 2.45) is 5.92 Å². The van der Waals surface area contributed by atoms with Crippen LogP contribution >= 0.6 is 0 Å². The highest BCUT2D eigenvalue weighted by Crippen LogP contribution is 2.37. The molecule has 1 aliphatic rings. The molecule has 138 valence electrons. The van der Waals surface area contributed by atoms with Crippen molar-refractivity contribution in [3.63, 3.8) is 0 Å². The third kappa shape index (κ3) is 4.86. The molecular formula is C24H24O3. The zero-order chi connectivity index (χ0) is 19.1. The van der Waals surface area contributed by atoms with Crippen LogP contribution < -0.4 is 0 Å². The van der Waals surface area contributed by atoms with Crippen LogP contribution in [-0.4, -0.2) is 18.4 Å². The van der Waals surface area contributed by atoms with Gasteiger partial charge in [0.25, 0.3) is 0 Å². The molecule has 0 amide bonds. The summed E-state index contributed by atoms with van der Waals surface area (Å²) < 4.78 is 4.81. The average molecular weight is 360 g/mol.